The Morgan fingerprint density at radius 2 is 2.04 bits per heavy atom. The van der Waals surface area contributed by atoms with Crippen LogP contribution in [0.1, 0.15) is 28.4 Å². The Morgan fingerprint density at radius 3 is 2.81 bits per heavy atom. The van der Waals surface area contributed by atoms with Crippen LogP contribution in [0.25, 0.3) is 0 Å². The molecular weight excluding hydrogens is 346 g/mol. The molecule has 0 aromatic heterocycles. The van der Waals surface area contributed by atoms with E-state index >= 15 is 0 Å². The third-order valence-electron chi connectivity index (χ3n) is 6.33. The van der Waals surface area contributed by atoms with Gasteiger partial charge in [0.25, 0.3) is 0 Å². The van der Waals surface area contributed by atoms with Crippen LogP contribution in [-0.2, 0) is 23.1 Å². The summed E-state index contributed by atoms with van der Waals surface area (Å²) in [6.07, 6.45) is 1.46. The van der Waals surface area contributed by atoms with Gasteiger partial charge in [0.1, 0.15) is 6.10 Å². The van der Waals surface area contributed by atoms with Gasteiger partial charge >= 0.3 is 0 Å². The fourth-order valence-electron chi connectivity index (χ4n) is 5.06. The van der Waals surface area contributed by atoms with Crippen LogP contribution in [0.2, 0.25) is 0 Å². The number of methoxy groups -OCH3 is 2. The van der Waals surface area contributed by atoms with Gasteiger partial charge in [0, 0.05) is 19.2 Å². The average molecular weight is 369 g/mol. The molecule has 3 aliphatic rings. The molecule has 0 fully saturated rings. The number of fused-ring (bicyclic) bond motifs is 5. The minimum atomic E-state index is -0.407. The van der Waals surface area contributed by atoms with E-state index in [2.05, 4.69) is 18.0 Å². The maximum atomic E-state index is 10.5. The predicted octanol–water partition coefficient (Wildman–Crippen LogP) is 2.76. The van der Waals surface area contributed by atoms with E-state index in [4.69, 9.17) is 18.9 Å². The summed E-state index contributed by atoms with van der Waals surface area (Å²) in [5, 5.41) is 10.5. The highest BCUT2D eigenvalue weighted by Crippen LogP contribution is 2.58. The van der Waals surface area contributed by atoms with Crippen molar-refractivity contribution >= 4 is 0 Å². The van der Waals surface area contributed by atoms with Gasteiger partial charge in [-0.15, -0.1) is 0 Å². The SMILES string of the molecule is COc1cc2c(cc1O)[C@@]1(Cc3ccc4c(c3[C@H]1OC)OCO4)N(C)CC2. The normalized spacial score (nSPS) is 25.5. The van der Waals surface area contributed by atoms with E-state index in [1.54, 1.807) is 14.2 Å². The van der Waals surface area contributed by atoms with Crippen LogP contribution in [0.3, 0.4) is 0 Å². The van der Waals surface area contributed by atoms with Crippen molar-refractivity contribution in [2.24, 2.45) is 0 Å². The fourth-order valence-corrected chi connectivity index (χ4v) is 5.06. The van der Waals surface area contributed by atoms with E-state index in [9.17, 15) is 5.11 Å². The first-order chi connectivity index (χ1) is 13.1. The molecule has 5 rings (SSSR count). The Hall–Kier alpha value is -2.44. The van der Waals surface area contributed by atoms with Crippen molar-refractivity contribution in [2.45, 2.75) is 24.5 Å². The summed E-state index contributed by atoms with van der Waals surface area (Å²) in [6.45, 7) is 1.13. The quantitative estimate of drug-likeness (QED) is 0.878. The highest BCUT2D eigenvalue weighted by atomic mass is 16.7. The Balaban J connectivity index is 1.74. The minimum absolute atomic E-state index is 0.154. The van der Waals surface area contributed by atoms with Crippen LogP contribution in [-0.4, -0.2) is 44.6 Å². The van der Waals surface area contributed by atoms with Crippen molar-refractivity contribution in [3.05, 3.63) is 46.5 Å². The van der Waals surface area contributed by atoms with Gasteiger partial charge in [-0.2, -0.15) is 0 Å². The second kappa shape index (κ2) is 5.78. The molecule has 0 saturated heterocycles. The lowest BCUT2D eigenvalue weighted by Gasteiger charge is -2.47. The molecule has 2 aromatic carbocycles. The van der Waals surface area contributed by atoms with Gasteiger partial charge in [-0.1, -0.05) is 6.07 Å². The maximum absolute atomic E-state index is 10.5. The van der Waals surface area contributed by atoms with Crippen LogP contribution in [0, 0.1) is 0 Å². The van der Waals surface area contributed by atoms with E-state index in [-0.39, 0.29) is 18.6 Å². The van der Waals surface area contributed by atoms with Crippen LogP contribution in [0.4, 0.5) is 0 Å². The van der Waals surface area contributed by atoms with Gasteiger partial charge < -0.3 is 24.1 Å². The zero-order valence-corrected chi connectivity index (χ0v) is 15.7. The van der Waals surface area contributed by atoms with E-state index in [1.807, 2.05) is 18.2 Å². The first kappa shape index (κ1) is 16.7. The van der Waals surface area contributed by atoms with Crippen molar-refractivity contribution in [2.75, 3.05) is 34.6 Å². The molecular formula is C21H23NO5. The molecule has 2 heterocycles. The first-order valence-electron chi connectivity index (χ1n) is 9.16. The number of phenolic OH excluding ortho intramolecular Hbond substituents is 1. The monoisotopic (exact) mass is 369 g/mol. The molecule has 2 aromatic rings. The molecule has 0 unspecified atom stereocenters. The van der Waals surface area contributed by atoms with Crippen molar-refractivity contribution < 1.29 is 24.1 Å². The molecule has 0 bridgehead atoms. The summed E-state index contributed by atoms with van der Waals surface area (Å²) in [7, 11) is 5.44. The highest BCUT2D eigenvalue weighted by Gasteiger charge is 2.55. The average Bonchev–Trinajstić information content (AvgIpc) is 3.27. The summed E-state index contributed by atoms with van der Waals surface area (Å²) >= 11 is 0. The molecule has 1 aliphatic carbocycles. The third kappa shape index (κ3) is 2.08. The largest absolute Gasteiger partial charge is 0.504 e. The third-order valence-corrected chi connectivity index (χ3v) is 6.33. The number of phenols is 1. The van der Waals surface area contributed by atoms with Gasteiger partial charge in [0.15, 0.2) is 23.0 Å². The summed E-state index contributed by atoms with van der Waals surface area (Å²) in [5.41, 5.74) is 4.12. The summed E-state index contributed by atoms with van der Waals surface area (Å²) in [5.74, 6) is 2.22. The number of nitrogens with zero attached hydrogens (tertiary/aromatic N) is 1. The number of hydrogen-bond acceptors (Lipinski definition) is 6. The standard InChI is InChI=1S/C21H23NO5/c1-22-7-6-12-8-17(24-2)15(23)9-14(12)21(22)10-13-4-5-16-19(27-11-26-16)18(13)20(21)25-3/h4-5,8-9,20,23H,6-7,10-11H2,1-3H3/t20-,21-/m1/s1. The van der Waals surface area contributed by atoms with E-state index in [1.165, 1.54) is 11.1 Å². The molecule has 6 heteroatoms. The van der Waals surface area contributed by atoms with Crippen LogP contribution in [0.5, 0.6) is 23.0 Å². The van der Waals surface area contributed by atoms with Crippen LogP contribution in [0.15, 0.2) is 24.3 Å². The zero-order valence-electron chi connectivity index (χ0n) is 15.7. The molecule has 2 atom stereocenters. The molecule has 0 radical (unpaired) electrons. The Bertz CT molecular complexity index is 927. The molecule has 6 nitrogen and oxygen atoms in total. The van der Waals surface area contributed by atoms with Crippen molar-refractivity contribution in [1.29, 1.82) is 0 Å². The highest BCUT2D eigenvalue weighted by molar-refractivity contribution is 5.61. The number of likely N-dealkylation sites (N-methyl/N-ethyl adjacent to an activating group) is 1. The van der Waals surface area contributed by atoms with Crippen molar-refractivity contribution in [3.63, 3.8) is 0 Å². The second-order valence-corrected chi connectivity index (χ2v) is 7.44. The predicted molar refractivity (Wildman–Crippen MR) is 98.7 cm³/mol. The Labute approximate surface area is 158 Å². The fraction of sp³-hybridized carbons (Fsp3) is 0.429. The number of benzene rings is 2. The van der Waals surface area contributed by atoms with Crippen molar-refractivity contribution in [1.82, 2.24) is 4.90 Å². The van der Waals surface area contributed by atoms with Gasteiger partial charge in [-0.3, -0.25) is 4.90 Å². The number of ether oxygens (including phenoxy) is 4. The van der Waals surface area contributed by atoms with Gasteiger partial charge in [0.05, 0.1) is 12.6 Å². The number of rotatable bonds is 2. The van der Waals surface area contributed by atoms with Crippen LogP contribution >= 0.6 is 0 Å². The number of aromatic hydroxyl groups is 1. The van der Waals surface area contributed by atoms with Gasteiger partial charge in [-0.05, 0) is 54.8 Å². The van der Waals surface area contributed by atoms with E-state index in [0.29, 0.717) is 5.75 Å². The van der Waals surface area contributed by atoms with Crippen LogP contribution < -0.4 is 14.2 Å². The summed E-state index contributed by atoms with van der Waals surface area (Å²) in [6, 6.07) is 7.88. The number of hydrogen-bond donors (Lipinski definition) is 1. The molecule has 27 heavy (non-hydrogen) atoms. The Kier molecular flexibility index (Phi) is 3.58. The molecule has 2 aliphatic heterocycles. The van der Waals surface area contributed by atoms with Crippen molar-refractivity contribution in [3.8, 4) is 23.0 Å². The topological polar surface area (TPSA) is 60.4 Å². The molecule has 1 spiro atoms. The molecule has 1 N–H and O–H groups in total. The Morgan fingerprint density at radius 1 is 1.19 bits per heavy atom. The minimum Gasteiger partial charge on any atom is -0.504 e. The zero-order chi connectivity index (χ0) is 18.8. The van der Waals surface area contributed by atoms with Gasteiger partial charge in [-0.25, -0.2) is 0 Å². The summed E-state index contributed by atoms with van der Waals surface area (Å²) < 4.78 is 22.8. The maximum Gasteiger partial charge on any atom is 0.231 e. The van der Waals surface area contributed by atoms with Gasteiger partial charge in [0.2, 0.25) is 6.79 Å². The lowest BCUT2D eigenvalue weighted by molar-refractivity contribution is -0.0464. The molecule has 142 valence electrons. The smallest absolute Gasteiger partial charge is 0.231 e. The van der Waals surface area contributed by atoms with E-state index in [0.717, 1.165) is 42.0 Å². The lowest BCUT2D eigenvalue weighted by Crippen LogP contribution is -2.51. The molecule has 0 saturated carbocycles. The lowest BCUT2D eigenvalue weighted by atomic mass is 9.76. The molecule has 0 amide bonds. The second-order valence-electron chi connectivity index (χ2n) is 7.44. The van der Waals surface area contributed by atoms with E-state index < -0.39 is 5.54 Å². The first-order valence-corrected chi connectivity index (χ1v) is 9.16. The summed E-state index contributed by atoms with van der Waals surface area (Å²) in [4.78, 5) is 2.34.